The number of nitrogens with zero attached hydrogens (tertiary/aromatic N) is 1. The number of urea groups is 1. The largest absolute Gasteiger partial charge is 0.351 e. The molecule has 0 spiro atoms. The predicted molar refractivity (Wildman–Crippen MR) is 104 cm³/mol. The van der Waals surface area contributed by atoms with Crippen LogP contribution in [-0.2, 0) is 17.6 Å². The summed E-state index contributed by atoms with van der Waals surface area (Å²) in [5.74, 6) is 0.0589. The molecule has 9 heteroatoms. The minimum absolute atomic E-state index is 0.0715. The third kappa shape index (κ3) is 3.78. The summed E-state index contributed by atoms with van der Waals surface area (Å²) in [4.78, 5) is 45.1. The molecule has 0 saturated heterocycles. The van der Waals surface area contributed by atoms with E-state index in [2.05, 4.69) is 22.2 Å². The zero-order valence-electron chi connectivity index (χ0n) is 14.9. The number of hydrogen-bond donors (Lipinski definition) is 3. The number of carbonyl (C=O) groups excluding carboxylic acids is 2. The summed E-state index contributed by atoms with van der Waals surface area (Å²) < 4.78 is 0. The van der Waals surface area contributed by atoms with Crippen LogP contribution in [0.2, 0.25) is 0 Å². The van der Waals surface area contributed by atoms with Crippen molar-refractivity contribution in [2.24, 2.45) is 17.6 Å². The molecule has 0 radical (unpaired) electrons. The number of aryl methyl sites for hydroxylation is 1. The second kappa shape index (κ2) is 7.40. The number of aromatic nitrogens is 2. The third-order valence-corrected chi connectivity index (χ3v) is 7.07. The number of carbonyl (C=O) groups is 2. The summed E-state index contributed by atoms with van der Waals surface area (Å²) >= 11 is 2.71. The maximum absolute atomic E-state index is 12.6. The molecule has 2 atom stereocenters. The van der Waals surface area contributed by atoms with Gasteiger partial charge in [0.1, 0.15) is 4.83 Å². The van der Waals surface area contributed by atoms with Crippen molar-refractivity contribution >= 4 is 45.3 Å². The molecule has 0 aliphatic heterocycles. The van der Waals surface area contributed by atoms with Gasteiger partial charge in [0, 0.05) is 4.88 Å². The second-order valence-corrected chi connectivity index (χ2v) is 9.25. The summed E-state index contributed by atoms with van der Waals surface area (Å²) in [6, 6.07) is -0.891. The highest BCUT2D eigenvalue weighted by atomic mass is 32.2. The van der Waals surface area contributed by atoms with Crippen molar-refractivity contribution in [3.63, 3.8) is 0 Å². The molecule has 0 aromatic carbocycles. The quantitative estimate of drug-likeness (QED) is 0.544. The van der Waals surface area contributed by atoms with E-state index in [0.29, 0.717) is 21.3 Å². The number of thioether (sulfide) groups is 1. The predicted octanol–water partition coefficient (Wildman–Crippen LogP) is 2.42. The van der Waals surface area contributed by atoms with Crippen LogP contribution in [-0.4, -0.2) is 27.2 Å². The van der Waals surface area contributed by atoms with Crippen molar-refractivity contribution in [2.75, 3.05) is 0 Å². The molecule has 1 aliphatic carbocycles. The molecule has 3 rings (SSSR count). The van der Waals surface area contributed by atoms with Gasteiger partial charge in [0.2, 0.25) is 5.91 Å². The van der Waals surface area contributed by atoms with Crippen molar-refractivity contribution < 1.29 is 9.59 Å². The van der Waals surface area contributed by atoms with Gasteiger partial charge in [-0.2, -0.15) is 0 Å². The Morgan fingerprint density at radius 1 is 1.42 bits per heavy atom. The molecule has 3 amide bonds. The number of rotatable bonds is 4. The number of fused-ring (bicyclic) bond motifs is 3. The molecule has 2 aromatic heterocycles. The third-order valence-electron chi connectivity index (χ3n) is 4.49. The van der Waals surface area contributed by atoms with Crippen molar-refractivity contribution in [2.45, 2.75) is 50.4 Å². The number of nitrogens with two attached hydrogens (primary N) is 1. The first-order valence-electron chi connectivity index (χ1n) is 8.57. The minimum Gasteiger partial charge on any atom is -0.351 e. The van der Waals surface area contributed by atoms with Gasteiger partial charge < -0.3 is 10.7 Å². The zero-order valence-corrected chi connectivity index (χ0v) is 16.6. The Morgan fingerprint density at radius 3 is 2.81 bits per heavy atom. The van der Waals surface area contributed by atoms with Crippen LogP contribution in [0, 0.1) is 11.8 Å². The fourth-order valence-corrected chi connectivity index (χ4v) is 5.61. The normalized spacial score (nSPS) is 17.9. The van der Waals surface area contributed by atoms with E-state index < -0.39 is 17.2 Å². The van der Waals surface area contributed by atoms with E-state index in [1.807, 2.05) is 13.8 Å². The molecule has 4 N–H and O–H groups in total. The Balaban J connectivity index is 1.94. The Hall–Kier alpha value is -1.87. The lowest BCUT2D eigenvalue weighted by molar-refractivity contribution is -0.120. The molecule has 2 heterocycles. The Kier molecular flexibility index (Phi) is 5.38. The Labute approximate surface area is 159 Å². The van der Waals surface area contributed by atoms with E-state index in [4.69, 9.17) is 5.73 Å². The van der Waals surface area contributed by atoms with E-state index in [1.54, 1.807) is 11.3 Å². The lowest BCUT2D eigenvalue weighted by atomic mass is 9.89. The molecule has 2 aromatic rings. The number of nitrogens with one attached hydrogen (secondary N) is 2. The monoisotopic (exact) mass is 394 g/mol. The molecule has 0 unspecified atom stereocenters. The number of aromatic amines is 1. The van der Waals surface area contributed by atoms with Gasteiger partial charge in [-0.3, -0.25) is 14.9 Å². The molecule has 0 saturated carbocycles. The molecule has 7 nitrogen and oxygen atoms in total. The van der Waals surface area contributed by atoms with Gasteiger partial charge in [0.05, 0.1) is 10.6 Å². The van der Waals surface area contributed by atoms with E-state index in [-0.39, 0.29) is 11.5 Å². The molecular formula is C17H22N4O3S2. The van der Waals surface area contributed by atoms with Gasteiger partial charge in [-0.15, -0.1) is 11.3 Å². The number of primary amides is 1. The summed E-state index contributed by atoms with van der Waals surface area (Å²) in [5, 5.41) is 2.58. The van der Waals surface area contributed by atoms with Gasteiger partial charge in [-0.25, -0.2) is 9.78 Å². The van der Waals surface area contributed by atoms with Crippen molar-refractivity contribution in [1.29, 1.82) is 0 Å². The van der Waals surface area contributed by atoms with Crippen molar-refractivity contribution in [3.8, 4) is 0 Å². The second-order valence-electron chi connectivity index (χ2n) is 7.04. The van der Waals surface area contributed by atoms with E-state index in [9.17, 15) is 14.4 Å². The first-order chi connectivity index (χ1) is 12.3. The number of imide groups is 1. The highest BCUT2D eigenvalue weighted by molar-refractivity contribution is 8.00. The Bertz CT molecular complexity index is 919. The summed E-state index contributed by atoms with van der Waals surface area (Å²) in [5.41, 5.74) is 6.00. The minimum atomic E-state index is -0.891. The van der Waals surface area contributed by atoms with E-state index in [1.165, 1.54) is 4.88 Å². The van der Waals surface area contributed by atoms with Crippen molar-refractivity contribution in [3.05, 3.63) is 20.8 Å². The van der Waals surface area contributed by atoms with Crippen LogP contribution >= 0.6 is 23.1 Å². The van der Waals surface area contributed by atoms with Gasteiger partial charge >= 0.3 is 6.03 Å². The van der Waals surface area contributed by atoms with Gasteiger partial charge in [-0.05, 0) is 36.7 Å². The average molecular weight is 395 g/mol. The van der Waals surface area contributed by atoms with Crippen LogP contribution in [0.3, 0.4) is 0 Å². The SMILES string of the molecule is CC(C)[C@@H](Sc1nc2sc3c(c2c(=O)[nH]1)CC[C@@H](C)C3)C(=O)NC(N)=O. The van der Waals surface area contributed by atoms with Crippen LogP contribution in [0.5, 0.6) is 0 Å². The number of amides is 3. The molecule has 26 heavy (non-hydrogen) atoms. The zero-order chi connectivity index (χ0) is 19.0. The van der Waals surface area contributed by atoms with Gasteiger partial charge in [-0.1, -0.05) is 32.5 Å². The van der Waals surface area contributed by atoms with Gasteiger partial charge in [0.25, 0.3) is 5.56 Å². The maximum atomic E-state index is 12.6. The molecule has 0 fully saturated rings. The molecule has 140 valence electrons. The highest BCUT2D eigenvalue weighted by Gasteiger charge is 2.27. The van der Waals surface area contributed by atoms with E-state index >= 15 is 0 Å². The molecular weight excluding hydrogens is 372 g/mol. The molecule has 0 bridgehead atoms. The topological polar surface area (TPSA) is 118 Å². The number of H-pyrrole nitrogens is 1. The van der Waals surface area contributed by atoms with Crippen LogP contribution in [0.15, 0.2) is 9.95 Å². The van der Waals surface area contributed by atoms with Crippen LogP contribution in [0.4, 0.5) is 4.79 Å². The molecule has 1 aliphatic rings. The fraction of sp³-hybridized carbons (Fsp3) is 0.529. The van der Waals surface area contributed by atoms with Gasteiger partial charge in [0.15, 0.2) is 5.16 Å². The fourth-order valence-electron chi connectivity index (χ4n) is 3.19. The first-order valence-corrected chi connectivity index (χ1v) is 10.3. The standard InChI is InChI=1S/C17H22N4O3S2/c1-7(2)12(14(23)19-16(18)24)26-17-20-13(22)11-9-5-4-8(3)6-10(9)25-15(11)21-17/h7-8,12H,4-6H2,1-3H3,(H,20,21,22)(H3,18,19,23,24)/t8-,12-/m1/s1. The van der Waals surface area contributed by atoms with Crippen LogP contribution in [0.25, 0.3) is 10.2 Å². The van der Waals surface area contributed by atoms with Crippen LogP contribution < -0.4 is 16.6 Å². The average Bonchev–Trinajstić information content (AvgIpc) is 2.88. The maximum Gasteiger partial charge on any atom is 0.318 e. The number of hydrogen-bond acceptors (Lipinski definition) is 6. The summed E-state index contributed by atoms with van der Waals surface area (Å²) in [6.07, 6.45) is 2.97. The lowest BCUT2D eigenvalue weighted by Crippen LogP contribution is -2.42. The van der Waals surface area contributed by atoms with E-state index in [0.717, 1.165) is 36.6 Å². The van der Waals surface area contributed by atoms with Crippen LogP contribution in [0.1, 0.15) is 37.6 Å². The highest BCUT2D eigenvalue weighted by Crippen LogP contribution is 2.36. The summed E-state index contributed by atoms with van der Waals surface area (Å²) in [6.45, 7) is 5.94. The lowest BCUT2D eigenvalue weighted by Gasteiger charge is -2.18. The first kappa shape index (κ1) is 18.9. The summed E-state index contributed by atoms with van der Waals surface area (Å²) in [7, 11) is 0. The van der Waals surface area contributed by atoms with Crippen molar-refractivity contribution in [1.82, 2.24) is 15.3 Å². The smallest absolute Gasteiger partial charge is 0.318 e. The Morgan fingerprint density at radius 2 is 2.15 bits per heavy atom. The number of thiophene rings is 1.